The van der Waals surface area contributed by atoms with Gasteiger partial charge < -0.3 is 10.6 Å². The van der Waals surface area contributed by atoms with Gasteiger partial charge in [-0.1, -0.05) is 36.4 Å². The van der Waals surface area contributed by atoms with E-state index in [1.165, 1.54) is 5.57 Å². The molecule has 0 aromatic heterocycles. The number of amides is 1. The molecule has 3 rings (SSSR count). The fourth-order valence-electron chi connectivity index (χ4n) is 3.22. The third-order valence-corrected chi connectivity index (χ3v) is 4.63. The van der Waals surface area contributed by atoms with Gasteiger partial charge in [0, 0.05) is 18.8 Å². The number of allylic oxidation sites excluding steroid dienone is 2. The van der Waals surface area contributed by atoms with Crippen LogP contribution < -0.4 is 10.6 Å². The van der Waals surface area contributed by atoms with E-state index in [-0.39, 0.29) is 5.91 Å². The second-order valence-corrected chi connectivity index (χ2v) is 6.47. The Morgan fingerprint density at radius 3 is 2.71 bits per heavy atom. The lowest BCUT2D eigenvalue weighted by Crippen LogP contribution is -2.39. The molecule has 0 spiro atoms. The summed E-state index contributed by atoms with van der Waals surface area (Å²) >= 11 is 0. The van der Waals surface area contributed by atoms with Gasteiger partial charge in [-0.2, -0.15) is 0 Å². The summed E-state index contributed by atoms with van der Waals surface area (Å²) in [6.45, 7) is 6.23. The molecule has 0 saturated carbocycles. The number of dihydropyridines is 1. The van der Waals surface area contributed by atoms with Crippen molar-refractivity contribution in [3.8, 4) is 0 Å². The van der Waals surface area contributed by atoms with Crippen molar-refractivity contribution in [2.75, 3.05) is 25.0 Å². The molecule has 1 atom stereocenters. The average molecular weight is 323 g/mol. The second-order valence-electron chi connectivity index (χ2n) is 6.47. The number of nitrogens with one attached hydrogen (secondary N) is 2. The molecule has 1 amide bonds. The highest BCUT2D eigenvalue weighted by molar-refractivity contribution is 5.93. The maximum absolute atomic E-state index is 12.4. The van der Waals surface area contributed by atoms with Crippen molar-refractivity contribution >= 4 is 11.6 Å². The van der Waals surface area contributed by atoms with Crippen LogP contribution in [0.3, 0.4) is 0 Å². The van der Waals surface area contributed by atoms with E-state index in [0.29, 0.717) is 12.6 Å². The van der Waals surface area contributed by atoms with Crippen molar-refractivity contribution in [1.82, 2.24) is 10.2 Å². The lowest BCUT2D eigenvalue weighted by Gasteiger charge is -2.29. The molecule has 4 heteroatoms. The first-order valence-corrected chi connectivity index (χ1v) is 8.50. The van der Waals surface area contributed by atoms with Crippen molar-refractivity contribution in [1.29, 1.82) is 0 Å². The van der Waals surface area contributed by atoms with Gasteiger partial charge in [0.2, 0.25) is 5.91 Å². The quantitative estimate of drug-likeness (QED) is 0.838. The molecule has 0 bridgehead atoms. The Labute approximate surface area is 143 Å². The SMILES string of the molecule is Cc1cccc(C)c1NC(=O)CN1CC=C(C2C=CC=CN2)CC1. The Morgan fingerprint density at radius 1 is 1.29 bits per heavy atom. The van der Waals surface area contributed by atoms with Gasteiger partial charge in [0.1, 0.15) is 0 Å². The van der Waals surface area contributed by atoms with Gasteiger partial charge in [-0.05, 0) is 49.2 Å². The van der Waals surface area contributed by atoms with E-state index in [1.807, 2.05) is 44.3 Å². The van der Waals surface area contributed by atoms with Gasteiger partial charge in [0.15, 0.2) is 0 Å². The fraction of sp³-hybridized carbons (Fsp3) is 0.350. The minimum atomic E-state index is 0.0582. The van der Waals surface area contributed by atoms with Gasteiger partial charge in [-0.3, -0.25) is 9.69 Å². The Bertz CT molecular complexity index is 683. The van der Waals surface area contributed by atoms with Crippen LogP contribution in [0.25, 0.3) is 0 Å². The molecule has 1 aromatic carbocycles. The Hall–Kier alpha value is -2.33. The first-order valence-electron chi connectivity index (χ1n) is 8.50. The highest BCUT2D eigenvalue weighted by Gasteiger charge is 2.19. The van der Waals surface area contributed by atoms with Crippen LogP contribution in [0, 0.1) is 13.8 Å². The lowest BCUT2D eigenvalue weighted by molar-refractivity contribution is -0.117. The number of anilines is 1. The van der Waals surface area contributed by atoms with Crippen molar-refractivity contribution in [3.63, 3.8) is 0 Å². The van der Waals surface area contributed by atoms with Crippen LogP contribution >= 0.6 is 0 Å². The van der Waals surface area contributed by atoms with Gasteiger partial charge in [0.25, 0.3) is 0 Å². The smallest absolute Gasteiger partial charge is 0.238 e. The lowest BCUT2D eigenvalue weighted by atomic mass is 9.98. The topological polar surface area (TPSA) is 44.4 Å². The maximum Gasteiger partial charge on any atom is 0.238 e. The van der Waals surface area contributed by atoms with Crippen molar-refractivity contribution in [2.45, 2.75) is 26.3 Å². The van der Waals surface area contributed by atoms with E-state index in [4.69, 9.17) is 0 Å². The molecule has 0 fully saturated rings. The van der Waals surface area contributed by atoms with E-state index in [2.05, 4.69) is 33.8 Å². The predicted molar refractivity (Wildman–Crippen MR) is 98.9 cm³/mol. The molecular formula is C20H25N3O. The number of rotatable bonds is 4. The minimum Gasteiger partial charge on any atom is -0.381 e. The third-order valence-electron chi connectivity index (χ3n) is 4.63. The molecule has 2 N–H and O–H groups in total. The first-order chi connectivity index (χ1) is 11.6. The van der Waals surface area contributed by atoms with Crippen molar-refractivity contribution in [3.05, 3.63) is 65.4 Å². The summed E-state index contributed by atoms with van der Waals surface area (Å²) in [7, 11) is 0. The molecule has 1 unspecified atom stereocenters. The molecule has 2 aliphatic heterocycles. The number of carbonyl (C=O) groups excluding carboxylic acids is 1. The Morgan fingerprint density at radius 2 is 2.08 bits per heavy atom. The molecule has 24 heavy (non-hydrogen) atoms. The number of para-hydroxylation sites is 1. The van der Waals surface area contributed by atoms with E-state index in [9.17, 15) is 4.79 Å². The summed E-state index contributed by atoms with van der Waals surface area (Å²) in [5.74, 6) is 0.0582. The molecule has 2 heterocycles. The summed E-state index contributed by atoms with van der Waals surface area (Å²) in [5, 5.41) is 6.42. The van der Waals surface area contributed by atoms with E-state index < -0.39 is 0 Å². The number of benzene rings is 1. The highest BCUT2D eigenvalue weighted by Crippen LogP contribution is 2.20. The van der Waals surface area contributed by atoms with Crippen molar-refractivity contribution < 1.29 is 4.79 Å². The molecular weight excluding hydrogens is 298 g/mol. The standard InChI is InChI=1S/C20H25N3O/c1-15-6-5-7-16(2)20(15)22-19(24)14-23-12-9-17(10-13-23)18-8-3-4-11-21-18/h3-9,11,18,21H,10,12-14H2,1-2H3,(H,22,24). The Kier molecular flexibility index (Phi) is 5.16. The summed E-state index contributed by atoms with van der Waals surface area (Å²) in [6.07, 6.45) is 11.5. The van der Waals surface area contributed by atoms with Gasteiger partial charge in [0.05, 0.1) is 12.6 Å². The van der Waals surface area contributed by atoms with Crippen LogP contribution in [-0.4, -0.2) is 36.5 Å². The van der Waals surface area contributed by atoms with Gasteiger partial charge >= 0.3 is 0 Å². The number of hydrogen-bond acceptors (Lipinski definition) is 3. The van der Waals surface area contributed by atoms with E-state index in [1.54, 1.807) is 0 Å². The minimum absolute atomic E-state index is 0.0582. The average Bonchev–Trinajstić information content (AvgIpc) is 2.60. The van der Waals surface area contributed by atoms with Gasteiger partial charge in [-0.25, -0.2) is 0 Å². The number of hydrogen-bond donors (Lipinski definition) is 2. The predicted octanol–water partition coefficient (Wildman–Crippen LogP) is 2.92. The van der Waals surface area contributed by atoms with Crippen LogP contribution in [0.1, 0.15) is 17.5 Å². The molecule has 1 aromatic rings. The van der Waals surface area contributed by atoms with Gasteiger partial charge in [-0.15, -0.1) is 0 Å². The zero-order chi connectivity index (χ0) is 16.9. The Balaban J connectivity index is 1.54. The largest absolute Gasteiger partial charge is 0.381 e. The summed E-state index contributed by atoms with van der Waals surface area (Å²) in [6, 6.07) is 6.37. The third kappa shape index (κ3) is 3.95. The molecule has 4 nitrogen and oxygen atoms in total. The van der Waals surface area contributed by atoms with Crippen LogP contribution in [0.15, 0.2) is 54.3 Å². The monoisotopic (exact) mass is 323 g/mol. The van der Waals surface area contributed by atoms with Crippen LogP contribution in [-0.2, 0) is 4.79 Å². The number of carbonyl (C=O) groups is 1. The molecule has 126 valence electrons. The highest BCUT2D eigenvalue weighted by atomic mass is 16.2. The zero-order valence-electron chi connectivity index (χ0n) is 14.4. The van der Waals surface area contributed by atoms with Crippen molar-refractivity contribution in [2.24, 2.45) is 0 Å². The van der Waals surface area contributed by atoms with E-state index >= 15 is 0 Å². The first kappa shape index (κ1) is 16.5. The number of aryl methyl sites for hydroxylation is 2. The molecule has 2 aliphatic rings. The zero-order valence-corrected chi connectivity index (χ0v) is 14.4. The number of nitrogens with zero attached hydrogens (tertiary/aromatic N) is 1. The van der Waals surface area contributed by atoms with E-state index in [0.717, 1.165) is 36.3 Å². The normalized spacial score (nSPS) is 20.4. The second kappa shape index (κ2) is 7.49. The summed E-state index contributed by atoms with van der Waals surface area (Å²) in [4.78, 5) is 14.6. The molecule has 0 aliphatic carbocycles. The summed E-state index contributed by atoms with van der Waals surface area (Å²) in [5.41, 5.74) is 4.56. The summed E-state index contributed by atoms with van der Waals surface area (Å²) < 4.78 is 0. The molecule has 0 saturated heterocycles. The van der Waals surface area contributed by atoms with Crippen LogP contribution in [0.4, 0.5) is 5.69 Å². The van der Waals surface area contributed by atoms with Crippen LogP contribution in [0.2, 0.25) is 0 Å². The maximum atomic E-state index is 12.4. The fourth-order valence-corrected chi connectivity index (χ4v) is 3.22. The van der Waals surface area contributed by atoms with Crippen LogP contribution in [0.5, 0.6) is 0 Å². The molecule has 0 radical (unpaired) electrons.